The smallest absolute Gasteiger partial charge is 0.186 e. The average Bonchev–Trinajstić information content (AvgIpc) is 3.46. The summed E-state index contributed by atoms with van der Waals surface area (Å²) in [7, 11) is 1.63. The molecule has 0 radical (unpaired) electrons. The fourth-order valence-electron chi connectivity index (χ4n) is 6.04. The topological polar surface area (TPSA) is 64.6 Å². The Bertz CT molecular complexity index is 1390. The first kappa shape index (κ1) is 30.6. The molecule has 6 rings (SSSR count). The molecule has 2 saturated heterocycles. The van der Waals surface area contributed by atoms with Crippen molar-refractivity contribution in [2.24, 2.45) is 0 Å². The third-order valence-corrected chi connectivity index (χ3v) is 8.24. The van der Waals surface area contributed by atoms with Gasteiger partial charge in [0.15, 0.2) is 11.9 Å². The summed E-state index contributed by atoms with van der Waals surface area (Å²) in [6.07, 6.45) is -2.89. The molecule has 4 aromatic carbocycles. The van der Waals surface area contributed by atoms with Gasteiger partial charge in [0, 0.05) is 7.11 Å². The van der Waals surface area contributed by atoms with Crippen LogP contribution in [0.5, 0.6) is 0 Å². The number of fused-ring (bicyclic) bond motifs is 1. The van der Waals surface area contributed by atoms with Gasteiger partial charge in [-0.25, -0.2) is 0 Å². The monoisotopic (exact) mass is 596 g/mol. The van der Waals surface area contributed by atoms with Gasteiger partial charge in [0.2, 0.25) is 0 Å². The first-order chi connectivity index (χ1) is 21.8. The molecule has 44 heavy (non-hydrogen) atoms. The van der Waals surface area contributed by atoms with Crippen molar-refractivity contribution < 1.29 is 33.2 Å². The minimum Gasteiger partial charge on any atom is -0.374 e. The standard InChI is InChI=1S/C37H40O7/c1-38-36-35-37(43-25-31-20-12-5-13-21-31,33(27-42-35)40-23-29-16-8-3-9-17-29)34(41-24-30-18-10-4-11-19-30)32(44-36)26-39-22-28-14-6-2-7-15-28/h2-21,32-36H,22-27H2,1H3/t32?,33-,34?,35?,36?,37?/m0/s1. The van der Waals surface area contributed by atoms with E-state index in [2.05, 4.69) is 24.3 Å². The van der Waals surface area contributed by atoms with E-state index in [1.54, 1.807) is 7.11 Å². The van der Waals surface area contributed by atoms with Crippen LogP contribution >= 0.6 is 0 Å². The van der Waals surface area contributed by atoms with Crippen molar-refractivity contribution in [2.75, 3.05) is 20.3 Å². The lowest BCUT2D eigenvalue weighted by Gasteiger charge is -2.51. The molecule has 2 aliphatic heterocycles. The van der Waals surface area contributed by atoms with E-state index in [0.29, 0.717) is 33.0 Å². The summed E-state index contributed by atoms with van der Waals surface area (Å²) in [6, 6.07) is 40.4. The van der Waals surface area contributed by atoms with Crippen molar-refractivity contribution in [3.8, 4) is 0 Å². The van der Waals surface area contributed by atoms with Gasteiger partial charge in [-0.1, -0.05) is 121 Å². The number of benzene rings is 4. The van der Waals surface area contributed by atoms with E-state index >= 15 is 0 Å². The molecule has 0 saturated carbocycles. The molecule has 6 atom stereocenters. The van der Waals surface area contributed by atoms with Crippen LogP contribution in [-0.2, 0) is 59.6 Å². The minimum atomic E-state index is -1.06. The zero-order chi connectivity index (χ0) is 30.0. The number of rotatable bonds is 14. The highest BCUT2D eigenvalue weighted by molar-refractivity contribution is 5.19. The van der Waals surface area contributed by atoms with Gasteiger partial charge in [0.1, 0.15) is 24.4 Å². The maximum absolute atomic E-state index is 7.02. The van der Waals surface area contributed by atoms with Crippen LogP contribution in [0.3, 0.4) is 0 Å². The van der Waals surface area contributed by atoms with Crippen molar-refractivity contribution in [1.82, 2.24) is 0 Å². The number of ether oxygens (including phenoxy) is 7. The Hall–Kier alpha value is -3.40. The van der Waals surface area contributed by atoms with E-state index in [1.807, 2.05) is 97.1 Å². The highest BCUT2D eigenvalue weighted by Gasteiger charge is 2.67. The Kier molecular flexibility index (Phi) is 10.5. The average molecular weight is 597 g/mol. The second kappa shape index (κ2) is 15.1. The first-order valence-corrected chi connectivity index (χ1v) is 15.2. The number of hydrogen-bond acceptors (Lipinski definition) is 7. The highest BCUT2D eigenvalue weighted by Crippen LogP contribution is 2.46. The van der Waals surface area contributed by atoms with Gasteiger partial charge < -0.3 is 33.2 Å². The third kappa shape index (κ3) is 7.11. The Morgan fingerprint density at radius 1 is 0.636 bits per heavy atom. The molecule has 2 aliphatic rings. The third-order valence-electron chi connectivity index (χ3n) is 8.24. The van der Waals surface area contributed by atoms with Crippen molar-refractivity contribution >= 4 is 0 Å². The van der Waals surface area contributed by atoms with Crippen LogP contribution < -0.4 is 0 Å². The van der Waals surface area contributed by atoms with Crippen LogP contribution in [0.1, 0.15) is 22.3 Å². The zero-order valence-corrected chi connectivity index (χ0v) is 25.0. The number of methoxy groups -OCH3 is 1. The molecule has 7 nitrogen and oxygen atoms in total. The largest absolute Gasteiger partial charge is 0.374 e. The molecule has 5 unspecified atom stereocenters. The van der Waals surface area contributed by atoms with E-state index in [0.717, 1.165) is 22.3 Å². The Labute approximate surface area is 259 Å². The second-order valence-corrected chi connectivity index (χ2v) is 11.2. The number of hydrogen-bond donors (Lipinski definition) is 0. The van der Waals surface area contributed by atoms with Gasteiger partial charge in [-0.15, -0.1) is 0 Å². The molecule has 0 aromatic heterocycles. The predicted molar refractivity (Wildman–Crippen MR) is 166 cm³/mol. The molecule has 7 heteroatoms. The maximum atomic E-state index is 7.02. The van der Waals surface area contributed by atoms with Gasteiger partial charge >= 0.3 is 0 Å². The van der Waals surface area contributed by atoms with Gasteiger partial charge in [0.25, 0.3) is 0 Å². The Morgan fingerprint density at radius 2 is 1.14 bits per heavy atom. The molecule has 2 heterocycles. The maximum Gasteiger partial charge on any atom is 0.186 e. The van der Waals surface area contributed by atoms with Crippen LogP contribution in [0.4, 0.5) is 0 Å². The van der Waals surface area contributed by atoms with Crippen LogP contribution in [0.15, 0.2) is 121 Å². The molecule has 2 fully saturated rings. The molecule has 0 amide bonds. The summed E-state index contributed by atoms with van der Waals surface area (Å²) in [5.41, 5.74) is 3.16. The van der Waals surface area contributed by atoms with E-state index in [-0.39, 0.29) is 6.61 Å². The molecular formula is C37H40O7. The van der Waals surface area contributed by atoms with Gasteiger partial charge in [-0.2, -0.15) is 0 Å². The normalized spacial score (nSPS) is 26.3. The summed E-state index contributed by atoms with van der Waals surface area (Å²) in [6.45, 7) is 2.11. The molecular weight excluding hydrogens is 556 g/mol. The lowest BCUT2D eigenvalue weighted by atomic mass is 9.80. The Balaban J connectivity index is 1.34. The summed E-state index contributed by atoms with van der Waals surface area (Å²) < 4.78 is 45.6. The summed E-state index contributed by atoms with van der Waals surface area (Å²) in [5, 5.41) is 0. The van der Waals surface area contributed by atoms with Crippen LogP contribution in [0, 0.1) is 0 Å². The van der Waals surface area contributed by atoms with Crippen LogP contribution in [-0.4, -0.2) is 56.6 Å². The first-order valence-electron chi connectivity index (χ1n) is 15.2. The van der Waals surface area contributed by atoms with Crippen LogP contribution in [0.2, 0.25) is 0 Å². The van der Waals surface area contributed by atoms with Gasteiger partial charge in [0.05, 0.1) is 39.6 Å². The summed E-state index contributed by atoms with van der Waals surface area (Å²) in [4.78, 5) is 0. The fourth-order valence-corrected chi connectivity index (χ4v) is 6.04. The molecule has 0 N–H and O–H groups in total. The SMILES string of the molecule is COC1OC(COCc2ccccc2)C(OCc2ccccc2)C2(OCc3ccccc3)C1OC[C@@H]2OCc1ccccc1. The van der Waals surface area contributed by atoms with E-state index in [9.17, 15) is 0 Å². The lowest BCUT2D eigenvalue weighted by Crippen LogP contribution is -2.71. The summed E-state index contributed by atoms with van der Waals surface area (Å²) >= 11 is 0. The van der Waals surface area contributed by atoms with Crippen LogP contribution in [0.25, 0.3) is 0 Å². The van der Waals surface area contributed by atoms with Crippen molar-refractivity contribution in [2.45, 2.75) is 62.7 Å². The highest BCUT2D eigenvalue weighted by atomic mass is 16.7. The second-order valence-electron chi connectivity index (χ2n) is 11.2. The minimum absolute atomic E-state index is 0.267. The molecule has 0 spiro atoms. The van der Waals surface area contributed by atoms with Crippen molar-refractivity contribution in [3.05, 3.63) is 144 Å². The molecule has 0 aliphatic carbocycles. The van der Waals surface area contributed by atoms with Gasteiger partial charge in [-0.3, -0.25) is 0 Å². The Morgan fingerprint density at radius 3 is 1.68 bits per heavy atom. The van der Waals surface area contributed by atoms with Gasteiger partial charge in [-0.05, 0) is 22.3 Å². The molecule has 0 bridgehead atoms. The van der Waals surface area contributed by atoms with Crippen molar-refractivity contribution in [3.63, 3.8) is 0 Å². The predicted octanol–water partition coefficient (Wildman–Crippen LogP) is 6.10. The fraction of sp³-hybridized carbons (Fsp3) is 0.351. The molecule has 230 valence electrons. The summed E-state index contributed by atoms with van der Waals surface area (Å²) in [5.74, 6) is 0. The van der Waals surface area contributed by atoms with E-state index in [1.165, 1.54) is 0 Å². The zero-order valence-electron chi connectivity index (χ0n) is 25.0. The van der Waals surface area contributed by atoms with E-state index in [4.69, 9.17) is 33.2 Å². The van der Waals surface area contributed by atoms with E-state index < -0.39 is 36.3 Å². The lowest BCUT2D eigenvalue weighted by molar-refractivity contribution is -0.345. The molecule has 4 aromatic rings. The quantitative estimate of drug-likeness (QED) is 0.174. The van der Waals surface area contributed by atoms with Crippen molar-refractivity contribution in [1.29, 1.82) is 0 Å².